The highest BCUT2D eigenvalue weighted by Crippen LogP contribution is 2.19. The fourth-order valence-electron chi connectivity index (χ4n) is 1.66. The summed E-state index contributed by atoms with van der Waals surface area (Å²) in [6.45, 7) is 2.55. The van der Waals surface area contributed by atoms with E-state index in [1.54, 1.807) is 6.21 Å². The minimum atomic E-state index is 0.519. The van der Waals surface area contributed by atoms with Crippen molar-refractivity contribution in [1.29, 1.82) is 0 Å². The molecule has 0 bridgehead atoms. The van der Waals surface area contributed by atoms with Gasteiger partial charge in [-0.15, -0.1) is 0 Å². The van der Waals surface area contributed by atoms with E-state index in [1.165, 1.54) is 11.1 Å². The Balaban J connectivity index is 2.00. The van der Waals surface area contributed by atoms with Crippen LogP contribution in [0.15, 0.2) is 59.8 Å². The zero-order valence-corrected chi connectivity index (χ0v) is 10.5. The molecule has 0 aliphatic rings. The van der Waals surface area contributed by atoms with Gasteiger partial charge in [0.2, 0.25) is 0 Å². The molecule has 2 nitrogen and oxygen atoms in total. The molecule has 0 spiro atoms. The van der Waals surface area contributed by atoms with E-state index in [0.717, 1.165) is 12.0 Å². The summed E-state index contributed by atoms with van der Waals surface area (Å²) in [7, 11) is 0. The molecule has 18 heavy (non-hydrogen) atoms. The zero-order chi connectivity index (χ0) is 12.6. The van der Waals surface area contributed by atoms with Crippen molar-refractivity contribution >= 4 is 6.21 Å². The van der Waals surface area contributed by atoms with Gasteiger partial charge in [-0.25, -0.2) is 0 Å². The molecule has 0 saturated carbocycles. The first kappa shape index (κ1) is 12.4. The van der Waals surface area contributed by atoms with E-state index in [4.69, 9.17) is 4.84 Å². The van der Waals surface area contributed by atoms with Crippen LogP contribution in [0.25, 0.3) is 11.1 Å². The molecular weight excluding hydrogens is 222 g/mol. The monoisotopic (exact) mass is 239 g/mol. The molecule has 0 N–H and O–H groups in total. The summed E-state index contributed by atoms with van der Waals surface area (Å²) in [5, 5.41) is 3.84. The maximum atomic E-state index is 5.18. The summed E-state index contributed by atoms with van der Waals surface area (Å²) in [4.78, 5) is 5.18. The lowest BCUT2D eigenvalue weighted by Gasteiger charge is -2.03. The third-order valence-electron chi connectivity index (χ3n) is 2.62. The average Bonchev–Trinajstić information content (AvgIpc) is 2.45. The topological polar surface area (TPSA) is 21.6 Å². The molecule has 0 unspecified atom stereocenters. The number of hydrogen-bond donors (Lipinski definition) is 0. The quantitative estimate of drug-likeness (QED) is 0.564. The fraction of sp³-hybridized carbons (Fsp3) is 0.188. The third-order valence-corrected chi connectivity index (χ3v) is 2.62. The van der Waals surface area contributed by atoms with Gasteiger partial charge in [-0.05, 0) is 23.1 Å². The summed E-state index contributed by atoms with van der Waals surface area (Å²) in [6, 6.07) is 18.7. The van der Waals surface area contributed by atoms with Crippen molar-refractivity contribution in [3.8, 4) is 11.1 Å². The van der Waals surface area contributed by atoms with E-state index in [2.05, 4.69) is 41.6 Å². The minimum Gasteiger partial charge on any atom is -0.391 e. The second kappa shape index (κ2) is 6.60. The van der Waals surface area contributed by atoms with E-state index < -0.39 is 0 Å². The first-order valence-electron chi connectivity index (χ1n) is 6.18. The molecular formula is C16H17NO. The van der Waals surface area contributed by atoms with Crippen LogP contribution in [-0.4, -0.2) is 6.21 Å². The van der Waals surface area contributed by atoms with Crippen LogP contribution in [0.2, 0.25) is 0 Å². The normalized spacial score (nSPS) is 10.7. The maximum Gasteiger partial charge on any atom is 0.142 e. The molecule has 92 valence electrons. The van der Waals surface area contributed by atoms with Crippen LogP contribution in [0.1, 0.15) is 18.9 Å². The third kappa shape index (κ3) is 3.45. The number of hydrogen-bond acceptors (Lipinski definition) is 2. The van der Waals surface area contributed by atoms with Gasteiger partial charge in [-0.1, -0.05) is 66.7 Å². The van der Waals surface area contributed by atoms with Crippen molar-refractivity contribution < 1.29 is 4.84 Å². The number of rotatable bonds is 5. The van der Waals surface area contributed by atoms with E-state index in [-0.39, 0.29) is 0 Å². The highest BCUT2D eigenvalue weighted by molar-refractivity contribution is 5.63. The minimum absolute atomic E-state index is 0.519. The molecule has 0 heterocycles. The van der Waals surface area contributed by atoms with Crippen LogP contribution >= 0.6 is 0 Å². The van der Waals surface area contributed by atoms with E-state index >= 15 is 0 Å². The van der Waals surface area contributed by atoms with Crippen molar-refractivity contribution in [2.24, 2.45) is 5.16 Å². The summed E-state index contributed by atoms with van der Waals surface area (Å²) in [6.07, 6.45) is 2.66. The summed E-state index contributed by atoms with van der Waals surface area (Å²) in [5.74, 6) is 0. The first-order chi connectivity index (χ1) is 8.90. The summed E-state index contributed by atoms with van der Waals surface area (Å²) >= 11 is 0. The van der Waals surface area contributed by atoms with Crippen LogP contribution < -0.4 is 0 Å². The van der Waals surface area contributed by atoms with Crippen molar-refractivity contribution in [1.82, 2.24) is 0 Å². The van der Waals surface area contributed by atoms with Gasteiger partial charge in [0, 0.05) is 6.21 Å². The van der Waals surface area contributed by atoms with Gasteiger partial charge in [0.15, 0.2) is 0 Å². The van der Waals surface area contributed by atoms with E-state index in [1.807, 2.05) is 25.1 Å². The molecule has 2 rings (SSSR count). The summed E-state index contributed by atoms with van der Waals surface area (Å²) < 4.78 is 0. The van der Waals surface area contributed by atoms with E-state index in [0.29, 0.717) is 6.61 Å². The molecule has 0 aliphatic heterocycles. The van der Waals surface area contributed by atoms with Crippen LogP contribution in [0, 0.1) is 0 Å². The van der Waals surface area contributed by atoms with Gasteiger partial charge in [0.25, 0.3) is 0 Å². The van der Waals surface area contributed by atoms with Crippen molar-refractivity contribution in [2.75, 3.05) is 0 Å². The Kier molecular flexibility index (Phi) is 4.53. The lowest BCUT2D eigenvalue weighted by Crippen LogP contribution is -1.87. The Hall–Kier alpha value is -2.09. The Bertz CT molecular complexity index is 488. The SMILES string of the molecule is CCC=NOCc1ccc(-c2ccccc2)cc1. The molecule has 0 saturated heterocycles. The lowest BCUT2D eigenvalue weighted by atomic mass is 10.0. The number of nitrogens with zero attached hydrogens (tertiary/aromatic N) is 1. The standard InChI is InChI=1S/C16H17NO/c1-2-12-17-18-13-14-8-10-16(11-9-14)15-6-4-3-5-7-15/h3-12H,2,13H2,1H3. The number of benzene rings is 2. The van der Waals surface area contributed by atoms with Crippen molar-refractivity contribution in [3.05, 3.63) is 60.2 Å². The Morgan fingerprint density at radius 2 is 1.61 bits per heavy atom. The molecule has 2 heteroatoms. The molecule has 0 aliphatic carbocycles. The van der Waals surface area contributed by atoms with Gasteiger partial charge >= 0.3 is 0 Å². The van der Waals surface area contributed by atoms with Gasteiger partial charge in [-0.3, -0.25) is 0 Å². The first-order valence-corrected chi connectivity index (χ1v) is 6.18. The van der Waals surface area contributed by atoms with E-state index in [9.17, 15) is 0 Å². The fourth-order valence-corrected chi connectivity index (χ4v) is 1.66. The molecule has 0 amide bonds. The Labute approximate surface area is 108 Å². The van der Waals surface area contributed by atoms with Gasteiger partial charge in [-0.2, -0.15) is 0 Å². The smallest absolute Gasteiger partial charge is 0.142 e. The van der Waals surface area contributed by atoms with Gasteiger partial charge in [0.1, 0.15) is 6.61 Å². The second-order valence-electron chi connectivity index (χ2n) is 4.03. The van der Waals surface area contributed by atoms with Crippen molar-refractivity contribution in [3.63, 3.8) is 0 Å². The van der Waals surface area contributed by atoms with Crippen LogP contribution in [0.4, 0.5) is 0 Å². The molecule has 0 fully saturated rings. The van der Waals surface area contributed by atoms with Gasteiger partial charge in [0.05, 0.1) is 0 Å². The largest absolute Gasteiger partial charge is 0.391 e. The highest BCUT2D eigenvalue weighted by Gasteiger charge is 1.97. The molecule has 0 aromatic heterocycles. The van der Waals surface area contributed by atoms with Crippen molar-refractivity contribution in [2.45, 2.75) is 20.0 Å². The Morgan fingerprint density at radius 3 is 2.28 bits per heavy atom. The molecule has 0 radical (unpaired) electrons. The maximum absolute atomic E-state index is 5.18. The zero-order valence-electron chi connectivity index (χ0n) is 10.5. The van der Waals surface area contributed by atoms with Crippen LogP contribution in [0.5, 0.6) is 0 Å². The Morgan fingerprint density at radius 1 is 0.944 bits per heavy atom. The van der Waals surface area contributed by atoms with Crippen LogP contribution in [-0.2, 0) is 11.4 Å². The molecule has 2 aromatic carbocycles. The van der Waals surface area contributed by atoms with Gasteiger partial charge < -0.3 is 4.84 Å². The predicted octanol–water partition coefficient (Wildman–Crippen LogP) is 4.27. The molecule has 2 aromatic rings. The highest BCUT2D eigenvalue weighted by atomic mass is 16.6. The molecule has 0 atom stereocenters. The number of oxime groups is 1. The van der Waals surface area contributed by atoms with Crippen LogP contribution in [0.3, 0.4) is 0 Å². The second-order valence-corrected chi connectivity index (χ2v) is 4.03. The predicted molar refractivity (Wildman–Crippen MR) is 75.5 cm³/mol. The summed E-state index contributed by atoms with van der Waals surface area (Å²) in [5.41, 5.74) is 3.58. The average molecular weight is 239 g/mol. The lowest BCUT2D eigenvalue weighted by molar-refractivity contribution is 0.131.